The van der Waals surface area contributed by atoms with Gasteiger partial charge in [0.1, 0.15) is 11.5 Å². The number of aromatic nitrogens is 2. The maximum Gasteiger partial charge on any atom is 0.337 e. The number of fused-ring (bicyclic) bond motifs is 3. The Kier molecular flexibility index (Phi) is 5.54. The summed E-state index contributed by atoms with van der Waals surface area (Å²) in [6.07, 6.45) is 7.29. The highest BCUT2D eigenvalue weighted by atomic mass is 16.4. The van der Waals surface area contributed by atoms with Crippen LogP contribution in [0.2, 0.25) is 0 Å². The van der Waals surface area contributed by atoms with Gasteiger partial charge in [0.15, 0.2) is 0 Å². The SMILES string of the molecule is Cc1cc([C@@H](C)Nc2ccccc2C(=O)O)c2nc(N3CC4C5CCC(CC5)C4C3)c(C)c(=O)n2c1. The summed E-state index contributed by atoms with van der Waals surface area (Å²) in [5.41, 5.74) is 3.91. The number of pyridine rings is 1. The first-order valence-corrected chi connectivity index (χ1v) is 13.2. The smallest absolute Gasteiger partial charge is 0.337 e. The first-order chi connectivity index (χ1) is 17.3. The molecule has 7 nitrogen and oxygen atoms in total. The Bertz CT molecular complexity index is 1390. The Morgan fingerprint density at radius 3 is 2.36 bits per heavy atom. The lowest BCUT2D eigenvalue weighted by Crippen LogP contribution is -2.38. The van der Waals surface area contributed by atoms with E-state index in [1.165, 1.54) is 25.7 Å². The largest absolute Gasteiger partial charge is 0.478 e. The standard InChI is InChI=1S/C29H34N4O3/c1-16-12-22(18(3)30-25-7-5-4-6-21(25)29(35)36)27-31-26(17(2)28(34)33(27)13-16)32-14-23-19-8-9-20(11-10-19)24(23)15-32/h4-7,12-13,18-20,23-24,30H,8-11,14-15H2,1-3H3,(H,35,36)/t18-,19?,20?,23?,24?/m1/s1. The molecular formula is C29H34N4O3. The van der Waals surface area contributed by atoms with Crippen LogP contribution >= 0.6 is 0 Å². The molecule has 1 aliphatic heterocycles. The number of anilines is 2. The van der Waals surface area contributed by atoms with E-state index in [2.05, 4.69) is 10.2 Å². The Labute approximate surface area is 211 Å². The molecule has 1 aromatic carbocycles. The van der Waals surface area contributed by atoms with Crippen molar-refractivity contribution in [1.29, 1.82) is 0 Å². The van der Waals surface area contributed by atoms with E-state index in [4.69, 9.17) is 4.98 Å². The fraction of sp³-hybridized carbons (Fsp3) is 0.483. The number of hydrogen-bond donors (Lipinski definition) is 2. The first-order valence-electron chi connectivity index (χ1n) is 13.2. The summed E-state index contributed by atoms with van der Waals surface area (Å²) in [5.74, 6) is 2.94. The average Bonchev–Trinajstić information content (AvgIpc) is 3.34. The molecular weight excluding hydrogens is 452 g/mol. The van der Waals surface area contributed by atoms with Gasteiger partial charge in [-0.25, -0.2) is 9.78 Å². The second-order valence-electron chi connectivity index (χ2n) is 11.2. The van der Waals surface area contributed by atoms with Gasteiger partial charge in [0.25, 0.3) is 5.56 Å². The van der Waals surface area contributed by atoms with E-state index in [0.717, 1.165) is 53.7 Å². The molecule has 7 rings (SSSR count). The number of carbonyl (C=O) groups is 1. The Morgan fingerprint density at radius 1 is 1.08 bits per heavy atom. The average molecular weight is 487 g/mol. The van der Waals surface area contributed by atoms with Gasteiger partial charge < -0.3 is 15.3 Å². The molecule has 2 aromatic heterocycles. The minimum Gasteiger partial charge on any atom is -0.478 e. The Hall–Kier alpha value is -3.35. The van der Waals surface area contributed by atoms with Gasteiger partial charge in [-0.2, -0.15) is 0 Å². The van der Waals surface area contributed by atoms with Crippen LogP contribution in [0.15, 0.2) is 41.3 Å². The van der Waals surface area contributed by atoms with Crippen molar-refractivity contribution in [3.63, 3.8) is 0 Å². The monoisotopic (exact) mass is 486 g/mol. The molecule has 0 spiro atoms. The normalized spacial score (nSPS) is 25.7. The molecule has 4 fully saturated rings. The van der Waals surface area contributed by atoms with Crippen LogP contribution < -0.4 is 15.8 Å². The van der Waals surface area contributed by atoms with Gasteiger partial charge in [0.05, 0.1) is 17.2 Å². The number of para-hydroxylation sites is 1. The lowest BCUT2D eigenvalue weighted by molar-refractivity contribution is 0.0577. The van der Waals surface area contributed by atoms with Crippen molar-refractivity contribution in [3.8, 4) is 0 Å². The van der Waals surface area contributed by atoms with Crippen LogP contribution in [0.4, 0.5) is 11.5 Å². The molecule has 4 aliphatic rings. The Balaban J connectivity index is 1.41. The van der Waals surface area contributed by atoms with Crippen LogP contribution in [0.25, 0.3) is 5.65 Å². The lowest BCUT2D eigenvalue weighted by atomic mass is 9.60. The van der Waals surface area contributed by atoms with Gasteiger partial charge in [-0.1, -0.05) is 12.1 Å². The second-order valence-corrected chi connectivity index (χ2v) is 11.2. The van der Waals surface area contributed by atoms with Gasteiger partial charge in [-0.05, 0) is 93.9 Å². The Morgan fingerprint density at radius 2 is 1.72 bits per heavy atom. The minimum absolute atomic E-state index is 0.0315. The van der Waals surface area contributed by atoms with Gasteiger partial charge >= 0.3 is 5.97 Å². The van der Waals surface area contributed by atoms with Crippen molar-refractivity contribution in [2.45, 2.75) is 52.5 Å². The summed E-state index contributed by atoms with van der Waals surface area (Å²) in [4.78, 5) is 32.8. The highest BCUT2D eigenvalue weighted by molar-refractivity contribution is 5.94. The molecule has 3 aromatic rings. The quantitative estimate of drug-likeness (QED) is 0.525. The van der Waals surface area contributed by atoms with Crippen molar-refractivity contribution < 1.29 is 9.90 Å². The third-order valence-corrected chi connectivity index (χ3v) is 9.02. The highest BCUT2D eigenvalue weighted by Gasteiger charge is 2.48. The molecule has 3 heterocycles. The van der Waals surface area contributed by atoms with Crippen molar-refractivity contribution >= 4 is 23.1 Å². The number of carboxylic acids is 1. The minimum atomic E-state index is -0.976. The maximum absolute atomic E-state index is 13.6. The van der Waals surface area contributed by atoms with Gasteiger partial charge in [0, 0.05) is 30.5 Å². The van der Waals surface area contributed by atoms with Crippen molar-refractivity contribution in [2.24, 2.45) is 23.7 Å². The summed E-state index contributed by atoms with van der Waals surface area (Å²) < 4.78 is 1.66. The molecule has 2 unspecified atom stereocenters. The van der Waals surface area contributed by atoms with E-state index in [1.54, 1.807) is 22.6 Å². The van der Waals surface area contributed by atoms with Crippen LogP contribution in [0.1, 0.15) is 65.7 Å². The van der Waals surface area contributed by atoms with Crippen LogP contribution in [0, 0.1) is 37.5 Å². The third kappa shape index (κ3) is 3.67. The molecule has 36 heavy (non-hydrogen) atoms. The number of nitrogens with one attached hydrogen (secondary N) is 1. The highest BCUT2D eigenvalue weighted by Crippen LogP contribution is 2.52. The topological polar surface area (TPSA) is 86.9 Å². The predicted molar refractivity (Wildman–Crippen MR) is 141 cm³/mol. The molecule has 2 bridgehead atoms. The zero-order valence-corrected chi connectivity index (χ0v) is 21.2. The van der Waals surface area contributed by atoms with Gasteiger partial charge in [-0.15, -0.1) is 0 Å². The van der Waals surface area contributed by atoms with Crippen LogP contribution in [-0.4, -0.2) is 33.6 Å². The van der Waals surface area contributed by atoms with E-state index in [9.17, 15) is 14.7 Å². The molecule has 7 heteroatoms. The van der Waals surface area contributed by atoms with E-state index in [0.29, 0.717) is 16.9 Å². The molecule has 3 saturated carbocycles. The van der Waals surface area contributed by atoms with Crippen molar-refractivity contribution in [3.05, 3.63) is 69.1 Å². The molecule has 188 valence electrons. The summed E-state index contributed by atoms with van der Waals surface area (Å²) in [7, 11) is 0. The summed E-state index contributed by atoms with van der Waals surface area (Å²) in [5, 5.41) is 13.0. The van der Waals surface area contributed by atoms with Crippen molar-refractivity contribution in [1.82, 2.24) is 9.38 Å². The fourth-order valence-corrected chi connectivity index (χ4v) is 7.24. The third-order valence-electron chi connectivity index (χ3n) is 9.02. The molecule has 0 amide bonds. The summed E-state index contributed by atoms with van der Waals surface area (Å²) in [6.45, 7) is 7.85. The fourth-order valence-electron chi connectivity index (χ4n) is 7.24. The van der Waals surface area contributed by atoms with Crippen LogP contribution in [-0.2, 0) is 0 Å². The van der Waals surface area contributed by atoms with Gasteiger partial charge in [-0.3, -0.25) is 9.20 Å². The first kappa shape index (κ1) is 23.1. The molecule has 2 N–H and O–H groups in total. The van der Waals surface area contributed by atoms with Crippen molar-refractivity contribution in [2.75, 3.05) is 23.3 Å². The van der Waals surface area contributed by atoms with E-state index in [1.807, 2.05) is 39.1 Å². The number of aromatic carboxylic acids is 1. The summed E-state index contributed by atoms with van der Waals surface area (Å²) >= 11 is 0. The molecule has 0 radical (unpaired) electrons. The number of benzene rings is 1. The van der Waals surface area contributed by atoms with E-state index < -0.39 is 5.97 Å². The number of nitrogens with zero attached hydrogens (tertiary/aromatic N) is 3. The second kappa shape index (κ2) is 8.64. The van der Waals surface area contributed by atoms with Gasteiger partial charge in [0.2, 0.25) is 0 Å². The zero-order chi connectivity index (χ0) is 25.1. The van der Waals surface area contributed by atoms with Crippen LogP contribution in [0.3, 0.4) is 0 Å². The molecule has 3 aliphatic carbocycles. The number of aryl methyl sites for hydroxylation is 1. The zero-order valence-electron chi connectivity index (χ0n) is 21.2. The number of rotatable bonds is 5. The molecule has 3 atom stereocenters. The van der Waals surface area contributed by atoms with Crippen LogP contribution in [0.5, 0.6) is 0 Å². The maximum atomic E-state index is 13.6. The number of hydrogen-bond acceptors (Lipinski definition) is 5. The number of carboxylic acid groups (broad SMARTS) is 1. The van der Waals surface area contributed by atoms with E-state index >= 15 is 0 Å². The lowest BCUT2D eigenvalue weighted by Gasteiger charge is -2.44. The summed E-state index contributed by atoms with van der Waals surface area (Å²) in [6, 6.07) is 8.70. The predicted octanol–water partition coefficient (Wildman–Crippen LogP) is 5.06. The van der Waals surface area contributed by atoms with E-state index in [-0.39, 0.29) is 17.2 Å². The molecule has 1 saturated heterocycles.